The van der Waals surface area contributed by atoms with Gasteiger partial charge in [-0.05, 0) is 44.5 Å². The highest BCUT2D eigenvalue weighted by molar-refractivity contribution is 5.92. The van der Waals surface area contributed by atoms with E-state index in [1.807, 2.05) is 38.1 Å². The molecular formula is C16H27N3O. The first kappa shape index (κ1) is 16.3. The van der Waals surface area contributed by atoms with Crippen LogP contribution in [0.3, 0.4) is 0 Å². The van der Waals surface area contributed by atoms with Crippen molar-refractivity contribution in [2.45, 2.75) is 52.6 Å². The standard InChI is InChI=1S/C16H27N3O/c1-4-5-6-7-12-18-16(17)19-14-8-10-15(11-9-14)20-13(2)3/h8-11,13H,4-7,12H2,1-3H3,(H3,17,18,19). The number of nitrogens with one attached hydrogen (secondary N) is 1. The summed E-state index contributed by atoms with van der Waals surface area (Å²) < 4.78 is 5.59. The van der Waals surface area contributed by atoms with Gasteiger partial charge in [-0.15, -0.1) is 0 Å². The minimum absolute atomic E-state index is 0.184. The van der Waals surface area contributed by atoms with Crippen LogP contribution in [0.4, 0.5) is 5.69 Å². The second kappa shape index (κ2) is 9.23. The second-order valence-corrected chi connectivity index (χ2v) is 5.14. The monoisotopic (exact) mass is 277 g/mol. The van der Waals surface area contributed by atoms with E-state index >= 15 is 0 Å². The Morgan fingerprint density at radius 2 is 1.90 bits per heavy atom. The summed E-state index contributed by atoms with van der Waals surface area (Å²) in [5.41, 5.74) is 6.77. The molecule has 0 saturated carbocycles. The SMILES string of the molecule is CCCCCCN=C(N)Nc1ccc(OC(C)C)cc1. The number of nitrogens with zero attached hydrogens (tertiary/aromatic N) is 1. The van der Waals surface area contributed by atoms with Crippen molar-refractivity contribution in [1.29, 1.82) is 0 Å². The molecule has 0 aromatic heterocycles. The average molecular weight is 277 g/mol. The van der Waals surface area contributed by atoms with E-state index in [9.17, 15) is 0 Å². The molecule has 1 rings (SSSR count). The number of hydrogen-bond donors (Lipinski definition) is 2. The van der Waals surface area contributed by atoms with E-state index in [0.29, 0.717) is 5.96 Å². The van der Waals surface area contributed by atoms with E-state index in [-0.39, 0.29) is 6.10 Å². The predicted molar refractivity (Wildman–Crippen MR) is 86.5 cm³/mol. The summed E-state index contributed by atoms with van der Waals surface area (Å²) in [7, 11) is 0. The van der Waals surface area contributed by atoms with Crippen LogP contribution in [-0.2, 0) is 0 Å². The molecule has 0 saturated heterocycles. The molecule has 0 radical (unpaired) electrons. The highest BCUT2D eigenvalue weighted by atomic mass is 16.5. The Hall–Kier alpha value is -1.71. The van der Waals surface area contributed by atoms with Crippen molar-refractivity contribution in [1.82, 2.24) is 0 Å². The molecule has 0 bridgehead atoms. The highest BCUT2D eigenvalue weighted by Gasteiger charge is 1.99. The Kier molecular flexibility index (Phi) is 7.55. The van der Waals surface area contributed by atoms with Crippen LogP contribution in [0.5, 0.6) is 5.75 Å². The molecule has 1 aromatic carbocycles. The van der Waals surface area contributed by atoms with Crippen LogP contribution >= 0.6 is 0 Å². The Balaban J connectivity index is 2.37. The molecule has 20 heavy (non-hydrogen) atoms. The van der Waals surface area contributed by atoms with E-state index in [1.54, 1.807) is 0 Å². The minimum atomic E-state index is 0.184. The van der Waals surface area contributed by atoms with E-state index < -0.39 is 0 Å². The third-order valence-electron chi connectivity index (χ3n) is 2.79. The summed E-state index contributed by atoms with van der Waals surface area (Å²) in [6.45, 7) is 7.00. The molecule has 0 aliphatic rings. The number of benzene rings is 1. The number of anilines is 1. The van der Waals surface area contributed by atoms with Crippen molar-refractivity contribution >= 4 is 11.6 Å². The molecule has 0 atom stereocenters. The maximum absolute atomic E-state index is 5.85. The highest BCUT2D eigenvalue weighted by Crippen LogP contribution is 2.16. The maximum Gasteiger partial charge on any atom is 0.193 e. The van der Waals surface area contributed by atoms with Gasteiger partial charge in [0.15, 0.2) is 5.96 Å². The molecule has 4 nitrogen and oxygen atoms in total. The van der Waals surface area contributed by atoms with Crippen LogP contribution in [0.15, 0.2) is 29.3 Å². The second-order valence-electron chi connectivity index (χ2n) is 5.14. The van der Waals surface area contributed by atoms with Crippen LogP contribution in [-0.4, -0.2) is 18.6 Å². The van der Waals surface area contributed by atoms with Gasteiger partial charge in [0, 0.05) is 12.2 Å². The molecular weight excluding hydrogens is 250 g/mol. The first-order valence-electron chi connectivity index (χ1n) is 7.45. The van der Waals surface area contributed by atoms with Gasteiger partial charge in [-0.25, -0.2) is 0 Å². The lowest BCUT2D eigenvalue weighted by molar-refractivity contribution is 0.242. The van der Waals surface area contributed by atoms with Crippen molar-refractivity contribution in [3.63, 3.8) is 0 Å². The van der Waals surface area contributed by atoms with Crippen molar-refractivity contribution in [3.05, 3.63) is 24.3 Å². The largest absolute Gasteiger partial charge is 0.491 e. The number of rotatable bonds is 8. The fourth-order valence-electron chi connectivity index (χ4n) is 1.81. The normalized spacial score (nSPS) is 11.7. The van der Waals surface area contributed by atoms with Gasteiger partial charge >= 0.3 is 0 Å². The Morgan fingerprint density at radius 3 is 2.50 bits per heavy atom. The first-order valence-corrected chi connectivity index (χ1v) is 7.45. The van der Waals surface area contributed by atoms with Crippen LogP contribution in [0.1, 0.15) is 46.5 Å². The molecule has 112 valence electrons. The molecule has 0 unspecified atom stereocenters. The summed E-state index contributed by atoms with van der Waals surface area (Å²) in [5, 5.41) is 3.09. The number of aliphatic imine (C=N–C) groups is 1. The van der Waals surface area contributed by atoms with Gasteiger partial charge in [0.25, 0.3) is 0 Å². The van der Waals surface area contributed by atoms with Gasteiger partial charge in [0.05, 0.1) is 6.10 Å². The fraction of sp³-hybridized carbons (Fsp3) is 0.562. The van der Waals surface area contributed by atoms with Gasteiger partial charge in [-0.1, -0.05) is 26.2 Å². The van der Waals surface area contributed by atoms with Gasteiger partial charge in [0.1, 0.15) is 5.75 Å². The Morgan fingerprint density at radius 1 is 1.20 bits per heavy atom. The van der Waals surface area contributed by atoms with Crippen LogP contribution < -0.4 is 15.8 Å². The predicted octanol–water partition coefficient (Wildman–Crippen LogP) is 3.78. The summed E-state index contributed by atoms with van der Waals surface area (Å²) >= 11 is 0. The zero-order valence-corrected chi connectivity index (χ0v) is 12.9. The number of unbranched alkanes of at least 4 members (excludes halogenated alkanes) is 3. The zero-order chi connectivity index (χ0) is 14.8. The smallest absolute Gasteiger partial charge is 0.193 e. The fourth-order valence-corrected chi connectivity index (χ4v) is 1.81. The van der Waals surface area contributed by atoms with E-state index in [0.717, 1.165) is 24.4 Å². The van der Waals surface area contributed by atoms with Gasteiger partial charge in [-0.2, -0.15) is 0 Å². The number of ether oxygens (including phenoxy) is 1. The first-order chi connectivity index (χ1) is 9.61. The molecule has 0 amide bonds. The minimum Gasteiger partial charge on any atom is -0.491 e. The molecule has 0 aliphatic heterocycles. The van der Waals surface area contributed by atoms with E-state index in [4.69, 9.17) is 10.5 Å². The quantitative estimate of drug-likeness (QED) is 0.432. The lowest BCUT2D eigenvalue weighted by Crippen LogP contribution is -2.22. The summed E-state index contributed by atoms with van der Waals surface area (Å²) in [6.07, 6.45) is 5.00. The lowest BCUT2D eigenvalue weighted by Gasteiger charge is -2.10. The summed E-state index contributed by atoms with van der Waals surface area (Å²) in [6, 6.07) is 7.74. The van der Waals surface area contributed by atoms with Crippen LogP contribution in [0.25, 0.3) is 0 Å². The Labute approximate surface area is 122 Å². The van der Waals surface area contributed by atoms with Crippen molar-refractivity contribution in [2.75, 3.05) is 11.9 Å². The van der Waals surface area contributed by atoms with Crippen molar-refractivity contribution in [2.24, 2.45) is 10.7 Å². The van der Waals surface area contributed by atoms with Crippen molar-refractivity contribution < 1.29 is 4.74 Å². The Bertz CT molecular complexity index is 399. The molecule has 0 heterocycles. The molecule has 1 aromatic rings. The maximum atomic E-state index is 5.85. The molecule has 0 spiro atoms. The van der Waals surface area contributed by atoms with Gasteiger partial charge < -0.3 is 15.8 Å². The lowest BCUT2D eigenvalue weighted by atomic mass is 10.2. The third-order valence-corrected chi connectivity index (χ3v) is 2.79. The topological polar surface area (TPSA) is 59.6 Å². The molecule has 3 N–H and O–H groups in total. The van der Waals surface area contributed by atoms with E-state index in [2.05, 4.69) is 17.2 Å². The third kappa shape index (κ3) is 7.02. The molecule has 4 heteroatoms. The summed E-state index contributed by atoms with van der Waals surface area (Å²) in [4.78, 5) is 4.31. The zero-order valence-electron chi connectivity index (χ0n) is 12.9. The van der Waals surface area contributed by atoms with E-state index in [1.165, 1.54) is 19.3 Å². The summed E-state index contributed by atoms with van der Waals surface area (Å²) in [5.74, 6) is 1.33. The van der Waals surface area contributed by atoms with Crippen molar-refractivity contribution in [3.8, 4) is 5.75 Å². The average Bonchev–Trinajstić information content (AvgIpc) is 2.40. The number of guanidine groups is 1. The number of hydrogen-bond acceptors (Lipinski definition) is 2. The molecule has 0 aliphatic carbocycles. The molecule has 0 fully saturated rings. The van der Waals surface area contributed by atoms with Crippen LogP contribution in [0, 0.1) is 0 Å². The number of nitrogens with two attached hydrogens (primary N) is 1. The van der Waals surface area contributed by atoms with Gasteiger partial charge in [-0.3, -0.25) is 4.99 Å². The van der Waals surface area contributed by atoms with Crippen LogP contribution in [0.2, 0.25) is 0 Å². The van der Waals surface area contributed by atoms with Gasteiger partial charge in [0.2, 0.25) is 0 Å².